The summed E-state index contributed by atoms with van der Waals surface area (Å²) in [7, 11) is 0. The molecular formula is C19H33NO. The number of ether oxygens (including phenoxy) is 1. The highest BCUT2D eigenvalue weighted by Crippen LogP contribution is 2.19. The first-order valence-electron chi connectivity index (χ1n) is 8.36. The van der Waals surface area contributed by atoms with E-state index in [0.717, 1.165) is 39.0 Å². The van der Waals surface area contributed by atoms with Gasteiger partial charge in [0.15, 0.2) is 0 Å². The number of rotatable bonds is 9. The molecule has 1 aromatic carbocycles. The normalized spacial score (nSPS) is 13.4. The summed E-state index contributed by atoms with van der Waals surface area (Å²) in [5, 5.41) is 3.60. The van der Waals surface area contributed by atoms with Crippen molar-refractivity contribution in [2.75, 3.05) is 19.8 Å². The highest BCUT2D eigenvalue weighted by Gasteiger charge is 2.13. The molecule has 1 unspecified atom stereocenters. The maximum absolute atomic E-state index is 5.92. The van der Waals surface area contributed by atoms with Crippen LogP contribution in [0.5, 0.6) is 0 Å². The smallest absolute Gasteiger partial charge is 0.0661 e. The molecule has 0 radical (unpaired) electrons. The predicted molar refractivity (Wildman–Crippen MR) is 91.7 cm³/mol. The quantitative estimate of drug-likeness (QED) is 0.663. The van der Waals surface area contributed by atoms with E-state index >= 15 is 0 Å². The molecule has 2 nitrogen and oxygen atoms in total. The number of benzene rings is 1. The van der Waals surface area contributed by atoms with Gasteiger partial charge in [0.05, 0.1) is 12.6 Å². The molecule has 0 fully saturated rings. The minimum Gasteiger partial charge on any atom is -0.379 e. The molecule has 1 rings (SSSR count). The van der Waals surface area contributed by atoms with E-state index in [9.17, 15) is 0 Å². The van der Waals surface area contributed by atoms with E-state index in [4.69, 9.17) is 4.74 Å². The predicted octanol–water partition coefficient (Wildman–Crippen LogP) is 4.74. The Morgan fingerprint density at radius 1 is 1.10 bits per heavy atom. The lowest BCUT2D eigenvalue weighted by Gasteiger charge is -2.22. The van der Waals surface area contributed by atoms with Crippen LogP contribution in [0.2, 0.25) is 0 Å². The third-order valence-corrected chi connectivity index (χ3v) is 3.71. The number of hydrogen-bond acceptors (Lipinski definition) is 2. The van der Waals surface area contributed by atoms with Crippen molar-refractivity contribution in [3.8, 4) is 0 Å². The summed E-state index contributed by atoms with van der Waals surface area (Å²) < 4.78 is 5.92. The van der Waals surface area contributed by atoms with E-state index < -0.39 is 0 Å². The van der Waals surface area contributed by atoms with Crippen molar-refractivity contribution in [1.82, 2.24) is 5.32 Å². The van der Waals surface area contributed by atoms with Crippen molar-refractivity contribution in [3.63, 3.8) is 0 Å². The van der Waals surface area contributed by atoms with Crippen LogP contribution in [0.4, 0.5) is 0 Å². The molecule has 1 aromatic rings. The van der Waals surface area contributed by atoms with Gasteiger partial charge < -0.3 is 10.1 Å². The molecule has 1 atom stereocenters. The first kappa shape index (κ1) is 18.2. The summed E-state index contributed by atoms with van der Waals surface area (Å²) in [6.45, 7) is 13.8. The van der Waals surface area contributed by atoms with Crippen molar-refractivity contribution >= 4 is 0 Å². The molecule has 0 aromatic heterocycles. The first-order valence-corrected chi connectivity index (χ1v) is 8.36. The largest absolute Gasteiger partial charge is 0.379 e. The number of aryl methyl sites for hydroxylation is 1. The van der Waals surface area contributed by atoms with Crippen LogP contribution < -0.4 is 5.32 Å². The van der Waals surface area contributed by atoms with Crippen molar-refractivity contribution in [1.29, 1.82) is 0 Å². The Hall–Kier alpha value is -0.860. The van der Waals surface area contributed by atoms with E-state index in [1.165, 1.54) is 11.1 Å². The van der Waals surface area contributed by atoms with E-state index in [2.05, 4.69) is 64.2 Å². The molecule has 2 heteroatoms. The van der Waals surface area contributed by atoms with Gasteiger partial charge in [0.1, 0.15) is 0 Å². The Kier molecular flexibility index (Phi) is 7.98. The fourth-order valence-corrected chi connectivity index (χ4v) is 2.16. The molecule has 0 bridgehead atoms. The molecule has 0 aliphatic rings. The number of nitrogens with one attached hydrogen (secondary N) is 1. The van der Waals surface area contributed by atoms with E-state index in [-0.39, 0.29) is 0 Å². The van der Waals surface area contributed by atoms with Crippen LogP contribution in [0, 0.1) is 5.41 Å². The Bertz CT molecular complexity index is 378. The van der Waals surface area contributed by atoms with Gasteiger partial charge in [-0.25, -0.2) is 0 Å². The lowest BCUT2D eigenvalue weighted by atomic mass is 9.93. The van der Waals surface area contributed by atoms with Crippen LogP contribution in [0.3, 0.4) is 0 Å². The molecule has 0 saturated carbocycles. The Morgan fingerprint density at radius 3 is 2.29 bits per heavy atom. The zero-order valence-electron chi connectivity index (χ0n) is 14.5. The second kappa shape index (κ2) is 9.22. The highest BCUT2D eigenvalue weighted by molar-refractivity contribution is 5.25. The third kappa shape index (κ3) is 7.63. The molecule has 120 valence electrons. The molecule has 0 saturated heterocycles. The fourth-order valence-electron chi connectivity index (χ4n) is 2.16. The van der Waals surface area contributed by atoms with Crippen LogP contribution in [-0.2, 0) is 11.2 Å². The summed E-state index contributed by atoms with van der Waals surface area (Å²) in [6, 6.07) is 9.23. The zero-order chi connectivity index (χ0) is 15.7. The van der Waals surface area contributed by atoms with Gasteiger partial charge >= 0.3 is 0 Å². The SMILES string of the molecule is CCCNC(COCCC(C)(C)C)c1ccc(CC)cc1. The van der Waals surface area contributed by atoms with E-state index in [1.807, 2.05) is 0 Å². The first-order chi connectivity index (χ1) is 9.96. The van der Waals surface area contributed by atoms with Gasteiger partial charge in [0.25, 0.3) is 0 Å². The molecule has 0 aliphatic carbocycles. The minimum atomic E-state index is 0.302. The minimum absolute atomic E-state index is 0.302. The molecule has 0 aliphatic heterocycles. The molecule has 21 heavy (non-hydrogen) atoms. The molecule has 0 heterocycles. The van der Waals surface area contributed by atoms with Crippen molar-refractivity contribution in [2.45, 2.75) is 59.9 Å². The topological polar surface area (TPSA) is 21.3 Å². The molecule has 0 amide bonds. The monoisotopic (exact) mass is 291 g/mol. The van der Waals surface area contributed by atoms with Crippen LogP contribution in [-0.4, -0.2) is 19.8 Å². The van der Waals surface area contributed by atoms with Crippen LogP contribution in [0.25, 0.3) is 0 Å². The summed E-state index contributed by atoms with van der Waals surface area (Å²) in [5.74, 6) is 0. The second-order valence-corrected chi connectivity index (χ2v) is 6.99. The average Bonchev–Trinajstić information content (AvgIpc) is 2.45. The second-order valence-electron chi connectivity index (χ2n) is 6.99. The summed E-state index contributed by atoms with van der Waals surface area (Å²) >= 11 is 0. The van der Waals surface area contributed by atoms with E-state index in [1.54, 1.807) is 0 Å². The van der Waals surface area contributed by atoms with E-state index in [0.29, 0.717) is 11.5 Å². The van der Waals surface area contributed by atoms with Gasteiger partial charge in [0, 0.05) is 6.61 Å². The summed E-state index contributed by atoms with van der Waals surface area (Å²) in [6.07, 6.45) is 3.34. The Balaban J connectivity index is 2.53. The third-order valence-electron chi connectivity index (χ3n) is 3.71. The maximum atomic E-state index is 5.92. The van der Waals surface area contributed by atoms with Crippen molar-refractivity contribution in [2.24, 2.45) is 5.41 Å². The van der Waals surface area contributed by atoms with Crippen LogP contribution in [0.1, 0.15) is 64.6 Å². The van der Waals surface area contributed by atoms with Gasteiger partial charge in [-0.3, -0.25) is 0 Å². The van der Waals surface area contributed by atoms with Crippen molar-refractivity contribution < 1.29 is 4.74 Å². The lowest BCUT2D eigenvalue weighted by Crippen LogP contribution is -2.27. The molecular weight excluding hydrogens is 258 g/mol. The van der Waals surface area contributed by atoms with Crippen LogP contribution in [0.15, 0.2) is 24.3 Å². The molecule has 1 N–H and O–H groups in total. The Labute approximate surface area is 131 Å². The zero-order valence-corrected chi connectivity index (χ0v) is 14.5. The fraction of sp³-hybridized carbons (Fsp3) is 0.684. The standard InChI is InChI=1S/C19H33NO/c1-6-13-20-18(15-21-14-12-19(3,4)5)17-10-8-16(7-2)9-11-17/h8-11,18,20H,6-7,12-15H2,1-5H3. The number of hydrogen-bond donors (Lipinski definition) is 1. The Morgan fingerprint density at radius 2 is 1.76 bits per heavy atom. The van der Waals surface area contributed by atoms with Gasteiger partial charge in [-0.05, 0) is 42.3 Å². The van der Waals surface area contributed by atoms with Gasteiger partial charge in [-0.2, -0.15) is 0 Å². The van der Waals surface area contributed by atoms with Crippen LogP contribution >= 0.6 is 0 Å². The lowest BCUT2D eigenvalue weighted by molar-refractivity contribution is 0.0897. The highest BCUT2D eigenvalue weighted by atomic mass is 16.5. The van der Waals surface area contributed by atoms with Gasteiger partial charge in [0.2, 0.25) is 0 Å². The summed E-state index contributed by atoms with van der Waals surface area (Å²) in [5.41, 5.74) is 3.06. The van der Waals surface area contributed by atoms with Crippen molar-refractivity contribution in [3.05, 3.63) is 35.4 Å². The van der Waals surface area contributed by atoms with Gasteiger partial charge in [-0.15, -0.1) is 0 Å². The maximum Gasteiger partial charge on any atom is 0.0661 e. The summed E-state index contributed by atoms with van der Waals surface area (Å²) in [4.78, 5) is 0. The van der Waals surface area contributed by atoms with Gasteiger partial charge in [-0.1, -0.05) is 58.9 Å². The average molecular weight is 291 g/mol. The molecule has 0 spiro atoms.